The molecule has 1 saturated heterocycles. The first kappa shape index (κ1) is 19.3. The maximum Gasteiger partial charge on any atom is 0.200 e. The largest absolute Gasteiger partial charge is 0.370 e. The number of sulfone groups is 1. The van der Waals surface area contributed by atoms with Crippen LogP contribution in [0.1, 0.15) is 32.4 Å². The number of aromatic nitrogens is 1. The van der Waals surface area contributed by atoms with Gasteiger partial charge in [-0.2, -0.15) is 0 Å². The Morgan fingerprint density at radius 3 is 2.54 bits per heavy atom. The average molecular weight is 439 g/mol. The topological polar surface area (TPSA) is 59.5 Å². The van der Waals surface area contributed by atoms with Crippen molar-refractivity contribution in [1.82, 2.24) is 4.98 Å². The van der Waals surface area contributed by atoms with Crippen molar-refractivity contribution in [2.45, 2.75) is 36.6 Å². The number of hydrogen-bond acceptors (Lipinski definition) is 5. The van der Waals surface area contributed by atoms with Crippen LogP contribution >= 0.6 is 15.9 Å². The average Bonchev–Trinajstić information content (AvgIpc) is 2.61. The molecule has 0 radical (unpaired) electrons. The number of nitrogens with zero attached hydrogens (tertiary/aromatic N) is 2. The third-order valence-corrected chi connectivity index (χ3v) is 7.61. The van der Waals surface area contributed by atoms with Gasteiger partial charge in [0.25, 0.3) is 0 Å². The molecule has 1 atom stereocenters. The van der Waals surface area contributed by atoms with Crippen LogP contribution in [-0.4, -0.2) is 37.8 Å². The Bertz CT molecular complexity index is 876. The van der Waals surface area contributed by atoms with E-state index in [0.29, 0.717) is 13.2 Å². The Kier molecular flexibility index (Phi) is 5.42. The van der Waals surface area contributed by atoms with E-state index in [1.54, 1.807) is 33.0 Å². The highest BCUT2D eigenvalue weighted by atomic mass is 79.9. The van der Waals surface area contributed by atoms with Crippen molar-refractivity contribution in [3.8, 4) is 0 Å². The van der Waals surface area contributed by atoms with Crippen LogP contribution in [0, 0.1) is 0 Å². The standard InChI is InChI=1S/C19H23BrN2O3S/c1-19(2,3)26(23,24)18-9-8-14(12-21-18)22-10-11-25-17(13-22)15-6-4-5-7-16(15)20/h4-9,12,17H,10-11,13H2,1-3H3. The highest BCUT2D eigenvalue weighted by molar-refractivity contribution is 9.10. The number of benzene rings is 1. The summed E-state index contributed by atoms with van der Waals surface area (Å²) < 4.78 is 31.1. The second-order valence-corrected chi connectivity index (χ2v) is 10.8. The fourth-order valence-electron chi connectivity index (χ4n) is 2.84. The Hall–Kier alpha value is -1.44. The molecule has 0 amide bonds. The summed E-state index contributed by atoms with van der Waals surface area (Å²) in [7, 11) is -3.44. The Morgan fingerprint density at radius 2 is 1.92 bits per heavy atom. The normalized spacial score (nSPS) is 18.8. The SMILES string of the molecule is CC(C)(C)S(=O)(=O)c1ccc(N2CCOC(c3ccccc3Br)C2)cn1. The van der Waals surface area contributed by atoms with Gasteiger partial charge in [0, 0.05) is 17.6 Å². The third-order valence-electron chi connectivity index (χ3n) is 4.49. The van der Waals surface area contributed by atoms with E-state index in [1.807, 2.05) is 24.3 Å². The van der Waals surface area contributed by atoms with Crippen LogP contribution < -0.4 is 4.90 Å². The van der Waals surface area contributed by atoms with Gasteiger partial charge < -0.3 is 9.64 Å². The van der Waals surface area contributed by atoms with Gasteiger partial charge in [-0.3, -0.25) is 0 Å². The minimum absolute atomic E-state index is 0.0442. The van der Waals surface area contributed by atoms with Crippen LogP contribution in [0.25, 0.3) is 0 Å². The summed E-state index contributed by atoms with van der Waals surface area (Å²) in [6, 6.07) is 11.5. The molecule has 0 spiro atoms. The summed E-state index contributed by atoms with van der Waals surface area (Å²) >= 11 is 3.58. The van der Waals surface area contributed by atoms with E-state index in [2.05, 4.69) is 31.9 Å². The predicted molar refractivity (Wildman–Crippen MR) is 106 cm³/mol. The molecular weight excluding hydrogens is 416 g/mol. The van der Waals surface area contributed by atoms with Crippen LogP contribution in [0.4, 0.5) is 5.69 Å². The van der Waals surface area contributed by atoms with Crippen LogP contribution in [0.3, 0.4) is 0 Å². The molecule has 0 aliphatic carbocycles. The lowest BCUT2D eigenvalue weighted by Gasteiger charge is -2.35. The number of pyridine rings is 1. The van der Waals surface area contributed by atoms with Gasteiger partial charge in [0.05, 0.1) is 23.2 Å². The molecule has 0 bridgehead atoms. The van der Waals surface area contributed by atoms with Gasteiger partial charge in [0.1, 0.15) is 6.10 Å². The van der Waals surface area contributed by atoms with Gasteiger partial charge in [-0.05, 0) is 44.5 Å². The van der Waals surface area contributed by atoms with Crippen LogP contribution in [-0.2, 0) is 14.6 Å². The van der Waals surface area contributed by atoms with Gasteiger partial charge in [-0.25, -0.2) is 13.4 Å². The van der Waals surface area contributed by atoms with E-state index >= 15 is 0 Å². The van der Waals surface area contributed by atoms with Crippen molar-refractivity contribution in [3.05, 3.63) is 52.6 Å². The first-order chi connectivity index (χ1) is 12.2. The van der Waals surface area contributed by atoms with Crippen molar-refractivity contribution in [1.29, 1.82) is 0 Å². The fourth-order valence-corrected chi connectivity index (χ4v) is 4.45. The van der Waals surface area contributed by atoms with Gasteiger partial charge in [0.2, 0.25) is 0 Å². The molecule has 5 nitrogen and oxygen atoms in total. The smallest absolute Gasteiger partial charge is 0.200 e. The zero-order chi connectivity index (χ0) is 18.9. The van der Waals surface area contributed by atoms with E-state index in [9.17, 15) is 8.42 Å². The van der Waals surface area contributed by atoms with Crippen molar-refractivity contribution >= 4 is 31.5 Å². The molecule has 1 aromatic carbocycles. The minimum Gasteiger partial charge on any atom is -0.370 e. The number of anilines is 1. The molecule has 1 aliphatic heterocycles. The number of rotatable bonds is 3. The van der Waals surface area contributed by atoms with Gasteiger partial charge in [0.15, 0.2) is 14.9 Å². The lowest BCUT2D eigenvalue weighted by atomic mass is 10.1. The Balaban J connectivity index is 1.81. The van der Waals surface area contributed by atoms with Crippen molar-refractivity contribution in [2.75, 3.05) is 24.6 Å². The monoisotopic (exact) mass is 438 g/mol. The van der Waals surface area contributed by atoms with E-state index in [4.69, 9.17) is 4.74 Å². The predicted octanol–water partition coefficient (Wildman–Crippen LogP) is 3.99. The summed E-state index contributed by atoms with van der Waals surface area (Å²) in [5, 5.41) is 0.115. The Morgan fingerprint density at radius 1 is 1.19 bits per heavy atom. The first-order valence-electron chi connectivity index (χ1n) is 8.52. The molecule has 140 valence electrons. The third kappa shape index (κ3) is 3.80. The quantitative estimate of drug-likeness (QED) is 0.724. The van der Waals surface area contributed by atoms with E-state index < -0.39 is 14.6 Å². The number of hydrogen-bond donors (Lipinski definition) is 0. The lowest BCUT2D eigenvalue weighted by Crippen LogP contribution is -2.38. The van der Waals surface area contributed by atoms with E-state index in [0.717, 1.165) is 22.3 Å². The molecule has 2 aromatic rings. The van der Waals surface area contributed by atoms with Crippen LogP contribution in [0.5, 0.6) is 0 Å². The van der Waals surface area contributed by atoms with Crippen molar-refractivity contribution in [2.24, 2.45) is 0 Å². The second kappa shape index (κ2) is 7.29. The first-order valence-corrected chi connectivity index (χ1v) is 10.8. The minimum atomic E-state index is -3.44. The maximum absolute atomic E-state index is 12.5. The van der Waals surface area contributed by atoms with Crippen molar-refractivity contribution < 1.29 is 13.2 Å². The summed E-state index contributed by atoms with van der Waals surface area (Å²) in [5.74, 6) is 0. The number of halogens is 1. The maximum atomic E-state index is 12.5. The molecular formula is C19H23BrN2O3S. The second-order valence-electron chi connectivity index (χ2n) is 7.30. The Labute approximate surface area is 163 Å². The number of morpholine rings is 1. The van der Waals surface area contributed by atoms with Crippen LogP contribution in [0.15, 0.2) is 52.1 Å². The molecule has 1 aromatic heterocycles. The van der Waals surface area contributed by atoms with E-state index in [1.165, 1.54) is 0 Å². The highest BCUT2D eigenvalue weighted by Crippen LogP contribution is 2.31. The summed E-state index contributed by atoms with van der Waals surface area (Å²) in [4.78, 5) is 6.40. The molecule has 3 rings (SSSR count). The summed E-state index contributed by atoms with van der Waals surface area (Å²) in [5.41, 5.74) is 2.01. The lowest BCUT2D eigenvalue weighted by molar-refractivity contribution is 0.0393. The molecule has 26 heavy (non-hydrogen) atoms. The van der Waals surface area contributed by atoms with Gasteiger partial charge in [-0.15, -0.1) is 0 Å². The fraction of sp³-hybridized carbons (Fsp3) is 0.421. The molecule has 2 heterocycles. The van der Waals surface area contributed by atoms with Gasteiger partial charge in [-0.1, -0.05) is 34.1 Å². The number of ether oxygens (including phenoxy) is 1. The molecule has 0 N–H and O–H groups in total. The highest BCUT2D eigenvalue weighted by Gasteiger charge is 2.32. The van der Waals surface area contributed by atoms with E-state index in [-0.39, 0.29) is 11.1 Å². The zero-order valence-corrected chi connectivity index (χ0v) is 17.5. The molecule has 0 saturated carbocycles. The molecule has 1 aliphatic rings. The summed E-state index contributed by atoms with van der Waals surface area (Å²) in [6.07, 6.45) is 1.60. The van der Waals surface area contributed by atoms with Crippen LogP contribution in [0.2, 0.25) is 0 Å². The summed E-state index contributed by atoms with van der Waals surface area (Å²) in [6.45, 7) is 7.09. The zero-order valence-electron chi connectivity index (χ0n) is 15.1. The molecule has 1 unspecified atom stereocenters. The van der Waals surface area contributed by atoms with Gasteiger partial charge >= 0.3 is 0 Å². The molecule has 7 heteroatoms. The van der Waals surface area contributed by atoms with Crippen molar-refractivity contribution in [3.63, 3.8) is 0 Å². The molecule has 1 fully saturated rings.